The normalized spacial score (nSPS) is 17.3. The maximum atomic E-state index is 13.2. The van der Waals surface area contributed by atoms with Crippen LogP contribution in [-0.4, -0.2) is 35.8 Å². The zero-order valence-corrected chi connectivity index (χ0v) is 19.4. The van der Waals surface area contributed by atoms with Gasteiger partial charge in [-0.1, -0.05) is 6.42 Å². The summed E-state index contributed by atoms with van der Waals surface area (Å²) in [5.74, 6) is 0. The van der Waals surface area contributed by atoms with Crippen LogP contribution in [0.2, 0.25) is 0 Å². The zero-order chi connectivity index (χ0) is 21.8. The van der Waals surface area contributed by atoms with Gasteiger partial charge in [0.15, 0.2) is 0 Å². The maximum absolute atomic E-state index is 13.2. The van der Waals surface area contributed by atoms with Crippen molar-refractivity contribution < 1.29 is 4.21 Å². The number of nitrogens with one attached hydrogen (secondary N) is 1. The Morgan fingerprint density at radius 2 is 2.19 bits per heavy atom. The second-order valence-electron chi connectivity index (χ2n) is 8.49. The molecule has 1 unspecified atom stereocenters. The van der Waals surface area contributed by atoms with Gasteiger partial charge in [-0.25, -0.2) is 4.98 Å². The van der Waals surface area contributed by atoms with Gasteiger partial charge in [0, 0.05) is 66.4 Å². The quantitative estimate of drug-likeness (QED) is 0.478. The lowest BCUT2D eigenvalue weighted by atomic mass is 10.00. The standard InChI is InChI=1S/C23H24N6OS2/c1-29-19(6-8-27-29)16-10-18(14-9-13-11-25-7-5-17(13)26-12-14)28-22-20(16)21(24)23(31-22)32(30)15-3-2-4-15/h6,8-10,12,15,25H,2-5,7,11,24H2,1H3. The van der Waals surface area contributed by atoms with Crippen molar-refractivity contribution in [1.29, 1.82) is 0 Å². The van der Waals surface area contributed by atoms with Gasteiger partial charge in [-0.05, 0) is 36.6 Å². The van der Waals surface area contributed by atoms with Crippen molar-refractivity contribution in [1.82, 2.24) is 25.1 Å². The van der Waals surface area contributed by atoms with E-state index in [0.29, 0.717) is 5.69 Å². The number of nitrogens with zero attached hydrogens (tertiary/aromatic N) is 4. The summed E-state index contributed by atoms with van der Waals surface area (Å²) in [7, 11) is 0.832. The SMILES string of the molecule is Cn1nccc1-c1cc(-c2cnc3c(c2)CNCC3)nc2sc(S(=O)C3CCC3)c(N)c12. The molecule has 9 heteroatoms. The van der Waals surface area contributed by atoms with Gasteiger partial charge in [0.25, 0.3) is 0 Å². The van der Waals surface area contributed by atoms with Crippen LogP contribution in [0.1, 0.15) is 30.5 Å². The largest absolute Gasteiger partial charge is 0.396 e. The van der Waals surface area contributed by atoms with Gasteiger partial charge in [-0.3, -0.25) is 13.9 Å². The zero-order valence-electron chi connectivity index (χ0n) is 17.8. The van der Waals surface area contributed by atoms with E-state index in [2.05, 4.69) is 22.5 Å². The Morgan fingerprint density at radius 1 is 1.31 bits per heavy atom. The van der Waals surface area contributed by atoms with E-state index in [1.165, 1.54) is 16.9 Å². The fourth-order valence-corrected chi connectivity index (χ4v) is 7.67. The highest BCUT2D eigenvalue weighted by atomic mass is 32.2. The number of thiophene rings is 1. The Bertz CT molecular complexity index is 1370. The summed E-state index contributed by atoms with van der Waals surface area (Å²) >= 11 is 1.47. The molecule has 2 aliphatic rings. The highest BCUT2D eigenvalue weighted by Crippen LogP contribution is 2.44. The minimum atomic E-state index is -1.09. The van der Waals surface area contributed by atoms with Crippen molar-refractivity contribution in [2.24, 2.45) is 7.05 Å². The van der Waals surface area contributed by atoms with E-state index in [9.17, 15) is 4.21 Å². The maximum Gasteiger partial charge on any atom is 0.127 e. The van der Waals surface area contributed by atoms with E-state index in [0.717, 1.165) is 81.4 Å². The van der Waals surface area contributed by atoms with Crippen LogP contribution in [0.3, 0.4) is 0 Å². The van der Waals surface area contributed by atoms with Crippen molar-refractivity contribution in [3.63, 3.8) is 0 Å². The molecule has 1 atom stereocenters. The van der Waals surface area contributed by atoms with Gasteiger partial charge in [0.05, 0.1) is 27.9 Å². The number of anilines is 1. The molecule has 1 saturated carbocycles. The number of fused-ring (bicyclic) bond motifs is 2. The number of pyridine rings is 2. The Kier molecular flexibility index (Phi) is 4.85. The van der Waals surface area contributed by atoms with Crippen molar-refractivity contribution in [3.8, 4) is 22.5 Å². The first-order valence-corrected chi connectivity index (χ1v) is 12.9. The molecular formula is C23H24N6OS2. The minimum Gasteiger partial charge on any atom is -0.396 e. The molecular weight excluding hydrogens is 440 g/mol. The summed E-state index contributed by atoms with van der Waals surface area (Å²) in [6.45, 7) is 1.78. The highest BCUT2D eigenvalue weighted by molar-refractivity contribution is 7.88. The van der Waals surface area contributed by atoms with E-state index in [1.807, 2.05) is 24.0 Å². The van der Waals surface area contributed by atoms with Crippen LogP contribution < -0.4 is 11.1 Å². The first-order chi connectivity index (χ1) is 15.6. The van der Waals surface area contributed by atoms with Crippen LogP contribution in [-0.2, 0) is 30.8 Å². The molecule has 5 heterocycles. The van der Waals surface area contributed by atoms with Crippen LogP contribution in [0.5, 0.6) is 0 Å². The summed E-state index contributed by atoms with van der Waals surface area (Å²) < 4.78 is 15.8. The molecule has 1 aliphatic carbocycles. The van der Waals surface area contributed by atoms with E-state index < -0.39 is 10.8 Å². The van der Waals surface area contributed by atoms with Crippen molar-refractivity contribution >= 4 is 38.0 Å². The molecule has 1 aliphatic heterocycles. The number of rotatable bonds is 4. The minimum absolute atomic E-state index is 0.210. The fourth-order valence-electron chi connectivity index (χ4n) is 4.46. The first-order valence-electron chi connectivity index (χ1n) is 10.9. The summed E-state index contributed by atoms with van der Waals surface area (Å²) in [5.41, 5.74) is 13.3. The second kappa shape index (κ2) is 7.75. The third kappa shape index (κ3) is 3.18. The van der Waals surface area contributed by atoms with Gasteiger partial charge < -0.3 is 11.1 Å². The molecule has 0 spiro atoms. The lowest BCUT2D eigenvalue weighted by molar-refractivity contribution is 0.505. The van der Waals surface area contributed by atoms with Gasteiger partial charge >= 0.3 is 0 Å². The topological polar surface area (TPSA) is 98.7 Å². The number of nitrogens with two attached hydrogens (primary N) is 1. The summed E-state index contributed by atoms with van der Waals surface area (Å²) in [5, 5.41) is 8.86. The average Bonchev–Trinajstić information content (AvgIpc) is 3.34. The second-order valence-corrected chi connectivity index (χ2v) is 11.4. The lowest BCUT2D eigenvalue weighted by Gasteiger charge is -2.23. The smallest absolute Gasteiger partial charge is 0.127 e. The Morgan fingerprint density at radius 3 is 2.94 bits per heavy atom. The molecule has 32 heavy (non-hydrogen) atoms. The molecule has 6 rings (SSSR count). The fraction of sp³-hybridized carbons (Fsp3) is 0.348. The summed E-state index contributed by atoms with van der Waals surface area (Å²) in [4.78, 5) is 10.5. The number of aromatic nitrogens is 4. The van der Waals surface area contributed by atoms with Crippen molar-refractivity contribution in [3.05, 3.63) is 41.9 Å². The van der Waals surface area contributed by atoms with Crippen LogP contribution in [0.15, 0.2) is 34.8 Å². The Hall–Kier alpha value is -2.62. The van der Waals surface area contributed by atoms with E-state index >= 15 is 0 Å². The van der Waals surface area contributed by atoms with Crippen LogP contribution >= 0.6 is 11.3 Å². The number of nitrogen functional groups attached to an aromatic ring is 1. The number of aryl methyl sites for hydroxylation is 1. The van der Waals surface area contributed by atoms with Crippen molar-refractivity contribution in [2.75, 3.05) is 12.3 Å². The van der Waals surface area contributed by atoms with Gasteiger partial charge in [0.2, 0.25) is 0 Å². The molecule has 0 aromatic carbocycles. The van der Waals surface area contributed by atoms with Gasteiger partial charge in [-0.2, -0.15) is 5.10 Å². The Balaban J connectivity index is 1.56. The molecule has 7 nitrogen and oxygen atoms in total. The molecule has 0 bridgehead atoms. The molecule has 0 amide bonds. The first kappa shape index (κ1) is 20.0. The van der Waals surface area contributed by atoms with E-state index in [1.54, 1.807) is 6.20 Å². The average molecular weight is 465 g/mol. The lowest BCUT2D eigenvalue weighted by Crippen LogP contribution is -2.24. The van der Waals surface area contributed by atoms with Crippen LogP contribution in [0, 0.1) is 0 Å². The third-order valence-corrected chi connectivity index (χ3v) is 9.81. The summed E-state index contributed by atoms with van der Waals surface area (Å²) in [6, 6.07) is 6.23. The van der Waals surface area contributed by atoms with Crippen LogP contribution in [0.4, 0.5) is 5.69 Å². The van der Waals surface area contributed by atoms with Crippen LogP contribution in [0.25, 0.3) is 32.7 Å². The van der Waals surface area contributed by atoms with Crippen molar-refractivity contribution in [2.45, 2.75) is 41.7 Å². The molecule has 164 valence electrons. The van der Waals surface area contributed by atoms with Gasteiger partial charge in [-0.15, -0.1) is 11.3 Å². The van der Waals surface area contributed by atoms with E-state index in [4.69, 9.17) is 15.7 Å². The van der Waals surface area contributed by atoms with E-state index in [-0.39, 0.29) is 5.25 Å². The molecule has 3 N–H and O–H groups in total. The monoisotopic (exact) mass is 464 g/mol. The Labute approximate surface area is 192 Å². The highest BCUT2D eigenvalue weighted by Gasteiger charge is 2.30. The predicted molar refractivity (Wildman–Crippen MR) is 129 cm³/mol. The molecule has 0 saturated heterocycles. The van der Waals surface area contributed by atoms with Gasteiger partial charge in [0.1, 0.15) is 9.04 Å². The molecule has 1 fully saturated rings. The summed E-state index contributed by atoms with van der Waals surface area (Å²) in [6.07, 6.45) is 7.79. The third-order valence-electron chi connectivity index (χ3n) is 6.51. The number of hydrogen-bond donors (Lipinski definition) is 2. The number of hydrogen-bond acceptors (Lipinski definition) is 7. The molecule has 4 aromatic heterocycles. The molecule has 0 radical (unpaired) electrons. The molecule has 4 aromatic rings. The predicted octanol–water partition coefficient (Wildman–Crippen LogP) is 3.65.